The van der Waals surface area contributed by atoms with Crippen LogP contribution in [0.15, 0.2) is 35.3 Å². The molecule has 2 atom stereocenters. The van der Waals surface area contributed by atoms with E-state index >= 15 is 0 Å². The Morgan fingerprint density at radius 2 is 1.77 bits per heavy atom. The molecule has 4 rings (SSSR count). The number of likely N-dealkylation sites (tertiary alicyclic amines) is 1. The first-order chi connectivity index (χ1) is 15.3. The second kappa shape index (κ2) is 11.0. The summed E-state index contributed by atoms with van der Waals surface area (Å²) >= 11 is 0. The standard InChI is InChI=1S/C24H37N5O2/c1-2-25-24(29-16-14-28(15-17-29)23(30)22-11-8-18-31-22)26-19-21(27-12-6-7-13-27)20-9-4-3-5-10-20/h3-5,9-10,21-22H,2,6-8,11-19H2,1H3,(H,25,26). The predicted molar refractivity (Wildman–Crippen MR) is 123 cm³/mol. The molecule has 0 saturated carbocycles. The topological polar surface area (TPSA) is 60.4 Å². The Hall–Kier alpha value is -2.12. The number of piperazine rings is 1. The fourth-order valence-electron chi connectivity index (χ4n) is 4.87. The Labute approximate surface area is 186 Å². The van der Waals surface area contributed by atoms with Gasteiger partial charge in [0, 0.05) is 39.3 Å². The fraction of sp³-hybridized carbons (Fsp3) is 0.667. The Morgan fingerprint density at radius 1 is 1.06 bits per heavy atom. The summed E-state index contributed by atoms with van der Waals surface area (Å²) in [5.41, 5.74) is 1.34. The van der Waals surface area contributed by atoms with Gasteiger partial charge in [-0.15, -0.1) is 0 Å². The van der Waals surface area contributed by atoms with Crippen LogP contribution in [0.5, 0.6) is 0 Å². The van der Waals surface area contributed by atoms with Gasteiger partial charge in [0.15, 0.2) is 5.96 Å². The lowest BCUT2D eigenvalue weighted by Crippen LogP contribution is -2.55. The van der Waals surface area contributed by atoms with Crippen molar-refractivity contribution in [2.45, 2.75) is 44.8 Å². The van der Waals surface area contributed by atoms with Gasteiger partial charge in [-0.2, -0.15) is 0 Å². The number of carbonyl (C=O) groups is 1. The zero-order chi connectivity index (χ0) is 21.5. The van der Waals surface area contributed by atoms with E-state index in [0.29, 0.717) is 12.6 Å². The van der Waals surface area contributed by atoms with Gasteiger partial charge in [0.05, 0.1) is 12.6 Å². The molecule has 7 heteroatoms. The highest BCUT2D eigenvalue weighted by atomic mass is 16.5. The molecule has 2 unspecified atom stereocenters. The van der Waals surface area contributed by atoms with Crippen molar-refractivity contribution in [1.29, 1.82) is 0 Å². The lowest BCUT2D eigenvalue weighted by Gasteiger charge is -2.37. The van der Waals surface area contributed by atoms with Crippen LogP contribution >= 0.6 is 0 Å². The Kier molecular flexibility index (Phi) is 7.81. The molecule has 3 aliphatic rings. The molecule has 0 aromatic heterocycles. The van der Waals surface area contributed by atoms with Crippen molar-refractivity contribution in [3.8, 4) is 0 Å². The third-order valence-corrected chi connectivity index (χ3v) is 6.61. The van der Waals surface area contributed by atoms with Gasteiger partial charge in [0.2, 0.25) is 0 Å². The van der Waals surface area contributed by atoms with Crippen LogP contribution in [0.1, 0.15) is 44.2 Å². The molecule has 3 saturated heterocycles. The van der Waals surface area contributed by atoms with Gasteiger partial charge in [-0.1, -0.05) is 30.3 Å². The maximum absolute atomic E-state index is 12.7. The lowest BCUT2D eigenvalue weighted by molar-refractivity contribution is -0.142. The van der Waals surface area contributed by atoms with Crippen LogP contribution in [0.3, 0.4) is 0 Å². The third kappa shape index (κ3) is 5.57. The number of guanidine groups is 1. The van der Waals surface area contributed by atoms with Crippen molar-refractivity contribution in [2.75, 3.05) is 59.0 Å². The molecule has 1 N–H and O–H groups in total. The van der Waals surface area contributed by atoms with E-state index in [-0.39, 0.29) is 12.0 Å². The summed E-state index contributed by atoms with van der Waals surface area (Å²) in [6.07, 6.45) is 4.18. The molecular formula is C24H37N5O2. The van der Waals surface area contributed by atoms with Gasteiger partial charge in [0.25, 0.3) is 5.91 Å². The van der Waals surface area contributed by atoms with Crippen LogP contribution in [0.2, 0.25) is 0 Å². The van der Waals surface area contributed by atoms with E-state index in [1.54, 1.807) is 0 Å². The number of amides is 1. The average molecular weight is 428 g/mol. The number of aliphatic imine (C=N–C) groups is 1. The average Bonchev–Trinajstić information content (AvgIpc) is 3.54. The zero-order valence-electron chi connectivity index (χ0n) is 18.8. The highest BCUT2D eigenvalue weighted by Gasteiger charge is 2.31. The summed E-state index contributed by atoms with van der Waals surface area (Å²) in [6, 6.07) is 11.1. The first kappa shape index (κ1) is 22.1. The Bertz CT molecular complexity index is 721. The SMILES string of the molecule is CCNC(=NCC(c1ccccc1)N1CCCC1)N1CCN(C(=O)C2CCCO2)CC1. The van der Waals surface area contributed by atoms with Crippen LogP contribution in [0.25, 0.3) is 0 Å². The number of nitrogens with zero attached hydrogens (tertiary/aromatic N) is 4. The van der Waals surface area contributed by atoms with E-state index < -0.39 is 0 Å². The largest absolute Gasteiger partial charge is 0.368 e. The van der Waals surface area contributed by atoms with Gasteiger partial charge in [-0.25, -0.2) is 0 Å². The van der Waals surface area contributed by atoms with Gasteiger partial charge in [-0.3, -0.25) is 14.7 Å². The monoisotopic (exact) mass is 427 g/mol. The molecule has 170 valence electrons. The molecule has 1 amide bonds. The molecule has 3 fully saturated rings. The van der Waals surface area contributed by atoms with E-state index in [0.717, 1.165) is 71.2 Å². The molecule has 31 heavy (non-hydrogen) atoms. The molecule has 7 nitrogen and oxygen atoms in total. The summed E-state index contributed by atoms with van der Waals surface area (Å²) in [6.45, 7) is 9.80. The molecule has 1 aromatic carbocycles. The number of ether oxygens (including phenoxy) is 1. The third-order valence-electron chi connectivity index (χ3n) is 6.61. The van der Waals surface area contributed by atoms with Crippen molar-refractivity contribution >= 4 is 11.9 Å². The molecule has 0 spiro atoms. The zero-order valence-corrected chi connectivity index (χ0v) is 18.8. The molecule has 0 aliphatic carbocycles. The molecule has 1 aromatic rings. The van der Waals surface area contributed by atoms with Gasteiger partial charge in [0.1, 0.15) is 6.10 Å². The van der Waals surface area contributed by atoms with Gasteiger partial charge >= 0.3 is 0 Å². The number of hydrogen-bond donors (Lipinski definition) is 1. The minimum atomic E-state index is -0.222. The highest BCUT2D eigenvalue weighted by Crippen LogP contribution is 2.25. The number of rotatable bonds is 6. The minimum absolute atomic E-state index is 0.164. The van der Waals surface area contributed by atoms with Crippen LogP contribution in [-0.4, -0.2) is 91.6 Å². The van der Waals surface area contributed by atoms with Crippen molar-refractivity contribution < 1.29 is 9.53 Å². The molecule has 0 bridgehead atoms. The van der Waals surface area contributed by atoms with Gasteiger partial charge < -0.3 is 19.9 Å². The predicted octanol–water partition coefficient (Wildman–Crippen LogP) is 2.11. The number of hydrogen-bond acceptors (Lipinski definition) is 4. The quantitative estimate of drug-likeness (QED) is 0.557. The summed E-state index contributed by atoms with van der Waals surface area (Å²) in [4.78, 5) is 24.6. The van der Waals surface area contributed by atoms with Crippen molar-refractivity contribution in [2.24, 2.45) is 4.99 Å². The minimum Gasteiger partial charge on any atom is -0.368 e. The molecule has 3 heterocycles. The number of benzene rings is 1. The highest BCUT2D eigenvalue weighted by molar-refractivity contribution is 5.82. The maximum atomic E-state index is 12.7. The van der Waals surface area contributed by atoms with Crippen LogP contribution < -0.4 is 5.32 Å². The summed E-state index contributed by atoms with van der Waals surface area (Å²) in [7, 11) is 0. The van der Waals surface area contributed by atoms with Gasteiger partial charge in [-0.05, 0) is 51.3 Å². The Morgan fingerprint density at radius 3 is 2.42 bits per heavy atom. The van der Waals surface area contributed by atoms with Crippen molar-refractivity contribution in [3.63, 3.8) is 0 Å². The first-order valence-corrected chi connectivity index (χ1v) is 12.0. The van der Waals surface area contributed by atoms with Crippen LogP contribution in [0, 0.1) is 0 Å². The van der Waals surface area contributed by atoms with Crippen molar-refractivity contribution in [1.82, 2.24) is 20.0 Å². The second-order valence-corrected chi connectivity index (χ2v) is 8.68. The Balaban J connectivity index is 1.39. The molecule has 3 aliphatic heterocycles. The van der Waals surface area contributed by atoms with Crippen LogP contribution in [-0.2, 0) is 9.53 Å². The van der Waals surface area contributed by atoms with E-state index in [1.165, 1.54) is 18.4 Å². The number of carbonyl (C=O) groups excluding carboxylic acids is 1. The first-order valence-electron chi connectivity index (χ1n) is 12.0. The summed E-state index contributed by atoms with van der Waals surface area (Å²) in [5, 5.41) is 3.48. The maximum Gasteiger partial charge on any atom is 0.251 e. The van der Waals surface area contributed by atoms with Crippen LogP contribution in [0.4, 0.5) is 0 Å². The molecular weight excluding hydrogens is 390 g/mol. The summed E-state index contributed by atoms with van der Waals surface area (Å²) < 4.78 is 5.59. The normalized spacial score (nSPS) is 23.9. The van der Waals surface area contributed by atoms with Crippen molar-refractivity contribution in [3.05, 3.63) is 35.9 Å². The van der Waals surface area contributed by atoms with E-state index in [2.05, 4.69) is 52.4 Å². The van der Waals surface area contributed by atoms with E-state index in [4.69, 9.17) is 9.73 Å². The number of nitrogens with one attached hydrogen (secondary N) is 1. The second-order valence-electron chi connectivity index (χ2n) is 8.68. The summed E-state index contributed by atoms with van der Waals surface area (Å²) in [5.74, 6) is 1.13. The molecule has 0 radical (unpaired) electrons. The lowest BCUT2D eigenvalue weighted by atomic mass is 10.1. The van der Waals surface area contributed by atoms with E-state index in [9.17, 15) is 4.79 Å². The smallest absolute Gasteiger partial charge is 0.251 e. The van der Waals surface area contributed by atoms with E-state index in [1.807, 2.05) is 4.90 Å². The fourth-order valence-corrected chi connectivity index (χ4v) is 4.87.